The van der Waals surface area contributed by atoms with Crippen LogP contribution in [0.25, 0.3) is 0 Å². The highest BCUT2D eigenvalue weighted by Crippen LogP contribution is 2.55. The minimum Gasteiger partial charge on any atom is -0.691 e. The fourth-order valence-electron chi connectivity index (χ4n) is 6.43. The highest BCUT2D eigenvalue weighted by molar-refractivity contribution is 7.97. The molecule has 9 heteroatoms. The Balaban J connectivity index is 0.000000158. The molecule has 0 aromatic heterocycles. The van der Waals surface area contributed by atoms with E-state index in [1.165, 1.54) is 21.1 Å². The summed E-state index contributed by atoms with van der Waals surface area (Å²) in [6, 6.07) is 32.2. The van der Waals surface area contributed by atoms with Gasteiger partial charge in [0.1, 0.15) is 18.1 Å². The van der Waals surface area contributed by atoms with Gasteiger partial charge in [0.2, 0.25) is 0 Å². The first-order valence-corrected chi connectivity index (χ1v) is 15.0. The molecule has 0 radical (unpaired) electrons. The molecule has 4 bridgehead atoms. The molecule has 5 nitrogen and oxygen atoms in total. The summed E-state index contributed by atoms with van der Waals surface area (Å²) < 4.78 is 35.3. The Labute approximate surface area is 234 Å². The summed E-state index contributed by atoms with van der Waals surface area (Å²) in [6.07, 6.45) is 4.66. The molecule has 4 aliphatic rings. The number of carbonyl (C=O) groups is 1. The van der Waals surface area contributed by atoms with Gasteiger partial charge >= 0.3 is 11.2 Å². The molecule has 0 saturated heterocycles. The van der Waals surface area contributed by atoms with E-state index < -0.39 is 29.4 Å². The zero-order valence-corrected chi connectivity index (χ0v) is 22.8. The number of carbonyl (C=O) groups excluding carboxylic acids is 1. The normalized spacial score (nSPS) is 25.2. The Hall–Kier alpha value is -2.43. The fraction of sp³-hybridized carbons (Fsp3) is 0.367. The van der Waals surface area contributed by atoms with Crippen LogP contribution in [-0.2, 0) is 29.8 Å². The standard InChI is InChI=1S/C18H15S.C12H16F2O5S/c1-4-10-16(11-5-1)19(17-12-6-2-7-13-17)18-14-8-3-9-15-18;13-12(14,20-19-18-16)11(15)17-10-8-2-6-1-7(4-8)5-9(10)3-6/h1-15H;6-10,16H,1-5H2/q+1;/p-1. The van der Waals surface area contributed by atoms with Crippen molar-refractivity contribution in [1.29, 1.82) is 0 Å². The highest BCUT2D eigenvalue weighted by atomic mass is 32.2. The predicted molar refractivity (Wildman–Crippen MR) is 143 cm³/mol. The summed E-state index contributed by atoms with van der Waals surface area (Å²) in [7, 11) is -0.0146. The molecule has 0 N–H and O–H groups in total. The van der Waals surface area contributed by atoms with Gasteiger partial charge in [-0.2, -0.15) is 13.1 Å². The van der Waals surface area contributed by atoms with Crippen molar-refractivity contribution < 1.29 is 32.9 Å². The van der Waals surface area contributed by atoms with Crippen molar-refractivity contribution >= 4 is 28.9 Å². The SMILES string of the molecule is O=C(OC1C2CC3CC(C2)CC1C3)C(F)(F)SOO[O-].c1ccc([S+](c2ccccc2)c2ccccc2)cc1. The summed E-state index contributed by atoms with van der Waals surface area (Å²) in [6.45, 7) is 0. The van der Waals surface area contributed by atoms with Gasteiger partial charge in [-0.15, -0.1) is 0 Å². The van der Waals surface area contributed by atoms with Crippen LogP contribution in [0.15, 0.2) is 106 Å². The molecular weight excluding hydrogens is 542 g/mol. The van der Waals surface area contributed by atoms with Crippen LogP contribution in [0, 0.1) is 23.7 Å². The number of hydrogen-bond acceptors (Lipinski definition) is 6. The average Bonchev–Trinajstić information content (AvgIpc) is 2.96. The topological polar surface area (TPSA) is 67.8 Å². The molecule has 39 heavy (non-hydrogen) atoms. The molecule has 4 saturated carbocycles. The largest absolute Gasteiger partial charge is 0.691 e. The lowest BCUT2D eigenvalue weighted by molar-refractivity contribution is -0.777. The third-order valence-electron chi connectivity index (χ3n) is 7.72. The fourth-order valence-corrected chi connectivity index (χ4v) is 8.76. The molecule has 206 valence electrons. The summed E-state index contributed by atoms with van der Waals surface area (Å²) in [5, 5.41) is 8.47. The van der Waals surface area contributed by atoms with E-state index in [0.717, 1.165) is 25.7 Å². The van der Waals surface area contributed by atoms with Gasteiger partial charge in [0.15, 0.2) is 14.7 Å². The number of halogens is 2. The first-order chi connectivity index (χ1) is 18.9. The van der Waals surface area contributed by atoms with Crippen LogP contribution >= 0.6 is 12.0 Å². The van der Waals surface area contributed by atoms with Gasteiger partial charge in [-0.1, -0.05) is 54.6 Å². The Morgan fingerprint density at radius 3 is 1.54 bits per heavy atom. The molecule has 4 fully saturated rings. The van der Waals surface area contributed by atoms with E-state index in [1.807, 2.05) is 0 Å². The quantitative estimate of drug-likeness (QED) is 0.0996. The Kier molecular flexibility index (Phi) is 9.25. The number of rotatable bonds is 8. The van der Waals surface area contributed by atoms with Crippen molar-refractivity contribution in [3.63, 3.8) is 0 Å². The molecule has 0 heterocycles. The van der Waals surface area contributed by atoms with E-state index in [4.69, 9.17) is 4.74 Å². The Morgan fingerprint density at radius 1 is 0.744 bits per heavy atom. The van der Waals surface area contributed by atoms with E-state index in [1.54, 1.807) is 0 Å². The lowest BCUT2D eigenvalue weighted by atomic mass is 9.55. The van der Waals surface area contributed by atoms with Crippen molar-refractivity contribution in [3.05, 3.63) is 91.0 Å². The van der Waals surface area contributed by atoms with Gasteiger partial charge in [0, 0.05) is 0 Å². The van der Waals surface area contributed by atoms with Crippen LogP contribution < -0.4 is 5.26 Å². The van der Waals surface area contributed by atoms with Crippen molar-refractivity contribution in [1.82, 2.24) is 0 Å². The molecule has 4 aliphatic carbocycles. The van der Waals surface area contributed by atoms with Crippen LogP contribution in [0.1, 0.15) is 32.1 Å². The van der Waals surface area contributed by atoms with Crippen molar-refractivity contribution in [3.8, 4) is 0 Å². The van der Waals surface area contributed by atoms with E-state index in [9.17, 15) is 18.8 Å². The second-order valence-corrected chi connectivity index (χ2v) is 13.1. The monoisotopic (exact) mass is 572 g/mol. The van der Waals surface area contributed by atoms with Crippen molar-refractivity contribution in [2.45, 2.75) is 58.1 Å². The maximum atomic E-state index is 13.4. The molecule has 0 atom stereocenters. The molecule has 3 aromatic carbocycles. The first-order valence-electron chi connectivity index (χ1n) is 13.1. The molecule has 3 aromatic rings. The van der Waals surface area contributed by atoms with Gasteiger partial charge in [-0.05, 0) is 92.2 Å². The van der Waals surface area contributed by atoms with E-state index in [2.05, 4.69) is 100 Å². The highest BCUT2D eigenvalue weighted by Gasteiger charge is 2.53. The van der Waals surface area contributed by atoms with Crippen LogP contribution in [0.2, 0.25) is 0 Å². The second-order valence-electron chi connectivity index (χ2n) is 10.3. The predicted octanol–water partition coefficient (Wildman–Crippen LogP) is 6.60. The maximum Gasteiger partial charge on any atom is 0.415 e. The zero-order valence-electron chi connectivity index (χ0n) is 21.2. The lowest BCUT2D eigenvalue weighted by Gasteiger charge is -2.53. The molecule has 0 aliphatic heterocycles. The Morgan fingerprint density at radius 2 is 1.15 bits per heavy atom. The molecular formula is C30H30F2O5S2. The third kappa shape index (κ3) is 6.84. The van der Waals surface area contributed by atoms with Gasteiger partial charge in [-0.3, -0.25) is 5.04 Å². The van der Waals surface area contributed by atoms with E-state index in [-0.39, 0.29) is 22.7 Å². The van der Waals surface area contributed by atoms with Crippen LogP contribution in [0.4, 0.5) is 8.78 Å². The maximum absolute atomic E-state index is 13.4. The molecule has 0 spiro atoms. The first kappa shape index (κ1) is 28.1. The van der Waals surface area contributed by atoms with Gasteiger partial charge in [0.05, 0.1) is 10.9 Å². The third-order valence-corrected chi connectivity index (χ3v) is 10.5. The number of benzene rings is 3. The number of esters is 1. The minimum absolute atomic E-state index is 0.0146. The molecule has 0 unspecified atom stereocenters. The summed E-state index contributed by atoms with van der Waals surface area (Å²) in [5.41, 5.74) is 0. The van der Waals surface area contributed by atoms with E-state index >= 15 is 0 Å². The summed E-state index contributed by atoms with van der Waals surface area (Å²) in [4.78, 5) is 15.6. The number of ether oxygens (including phenoxy) is 1. The van der Waals surface area contributed by atoms with Gasteiger partial charge in [-0.25, -0.2) is 4.79 Å². The lowest BCUT2D eigenvalue weighted by Crippen LogP contribution is -2.51. The minimum atomic E-state index is -3.93. The second kappa shape index (κ2) is 12.8. The van der Waals surface area contributed by atoms with Gasteiger partial charge in [0.25, 0.3) is 0 Å². The smallest absolute Gasteiger partial charge is 0.415 e. The van der Waals surface area contributed by atoms with Crippen LogP contribution in [0.3, 0.4) is 0 Å². The number of alkyl halides is 2. The number of hydrogen-bond donors (Lipinski definition) is 0. The molecule has 7 rings (SSSR count). The molecule has 0 amide bonds. The van der Waals surface area contributed by atoms with Crippen LogP contribution in [-0.4, -0.2) is 17.3 Å². The van der Waals surface area contributed by atoms with Crippen LogP contribution in [0.5, 0.6) is 0 Å². The average molecular weight is 573 g/mol. The van der Waals surface area contributed by atoms with Crippen molar-refractivity contribution in [2.75, 3.05) is 0 Å². The Bertz CT molecular complexity index is 1080. The van der Waals surface area contributed by atoms with Crippen molar-refractivity contribution in [2.24, 2.45) is 23.7 Å². The summed E-state index contributed by atoms with van der Waals surface area (Å²) in [5.74, 6) is 0.0800. The van der Waals surface area contributed by atoms with E-state index in [0.29, 0.717) is 11.8 Å². The summed E-state index contributed by atoms with van der Waals surface area (Å²) >= 11 is -0.630. The van der Waals surface area contributed by atoms with Gasteiger partial charge < -0.3 is 9.99 Å². The zero-order chi connectivity index (χ0) is 27.2.